The Kier molecular flexibility index (Phi) is 5.83. The molecule has 0 bridgehead atoms. The van der Waals surface area contributed by atoms with Gasteiger partial charge < -0.3 is 13.7 Å². The molecule has 1 fully saturated rings. The number of furan rings is 1. The zero-order valence-electron chi connectivity index (χ0n) is 16.7. The van der Waals surface area contributed by atoms with Crippen LogP contribution in [0.5, 0.6) is 0 Å². The van der Waals surface area contributed by atoms with Gasteiger partial charge >= 0.3 is 0 Å². The summed E-state index contributed by atoms with van der Waals surface area (Å²) in [6.07, 6.45) is 1.49. The first-order valence-electron chi connectivity index (χ1n) is 9.28. The molecule has 0 atom stereocenters. The summed E-state index contributed by atoms with van der Waals surface area (Å²) in [6, 6.07) is 5.50. The largest absolute Gasteiger partial charge is 0.469 e. The van der Waals surface area contributed by atoms with Crippen LogP contribution in [0.1, 0.15) is 5.76 Å². The lowest BCUT2D eigenvalue weighted by molar-refractivity contribution is -0.388. The molecule has 0 aliphatic carbocycles. The first-order chi connectivity index (χ1) is 14.8. The van der Waals surface area contributed by atoms with E-state index in [1.54, 1.807) is 13.0 Å². The number of nitro benzene ring substituents is 1. The number of nitrogens with zero attached hydrogens (tertiary/aromatic N) is 5. The molecular formula is C18H19N5O6S2. The topological polar surface area (TPSA) is 136 Å². The summed E-state index contributed by atoms with van der Waals surface area (Å²) in [5.41, 5.74) is 0.280. The van der Waals surface area contributed by atoms with E-state index in [1.807, 2.05) is 11.9 Å². The molecule has 0 saturated carbocycles. The van der Waals surface area contributed by atoms with Crippen molar-refractivity contribution in [2.45, 2.75) is 21.9 Å². The molecule has 0 amide bonds. The Labute approximate surface area is 182 Å². The van der Waals surface area contributed by atoms with Gasteiger partial charge in [-0.25, -0.2) is 8.42 Å². The van der Waals surface area contributed by atoms with Crippen LogP contribution in [0, 0.1) is 17.0 Å². The van der Waals surface area contributed by atoms with Crippen molar-refractivity contribution >= 4 is 27.5 Å². The Balaban J connectivity index is 1.61. The molecule has 2 aromatic heterocycles. The van der Waals surface area contributed by atoms with Gasteiger partial charge in [-0.3, -0.25) is 10.1 Å². The molecule has 0 unspecified atom stereocenters. The predicted molar refractivity (Wildman–Crippen MR) is 110 cm³/mol. The summed E-state index contributed by atoms with van der Waals surface area (Å²) in [5, 5.41) is 19.6. The van der Waals surface area contributed by atoms with Crippen LogP contribution in [0.25, 0.3) is 11.5 Å². The van der Waals surface area contributed by atoms with Gasteiger partial charge in [-0.15, -0.1) is 10.2 Å². The van der Waals surface area contributed by atoms with Crippen molar-refractivity contribution in [2.24, 2.45) is 0 Å². The SMILES string of the molecule is Cc1occc1-c1nnc(Sc2ccc(S(=O)(=O)N3CCN(C)CC3)cc2[N+](=O)[O-])o1. The van der Waals surface area contributed by atoms with E-state index in [4.69, 9.17) is 8.83 Å². The van der Waals surface area contributed by atoms with Crippen molar-refractivity contribution in [3.63, 3.8) is 0 Å². The lowest BCUT2D eigenvalue weighted by Crippen LogP contribution is -2.47. The minimum absolute atomic E-state index is 0.0911. The maximum Gasteiger partial charge on any atom is 0.284 e. The van der Waals surface area contributed by atoms with Gasteiger partial charge in [0.2, 0.25) is 10.0 Å². The Hall–Kier alpha value is -2.74. The number of piperazine rings is 1. The fraction of sp³-hybridized carbons (Fsp3) is 0.333. The van der Waals surface area contributed by atoms with Gasteiger partial charge in [0.25, 0.3) is 16.8 Å². The lowest BCUT2D eigenvalue weighted by Gasteiger charge is -2.31. The average Bonchev–Trinajstić information content (AvgIpc) is 3.37. The Morgan fingerprint density at radius 3 is 2.55 bits per heavy atom. The van der Waals surface area contributed by atoms with Crippen LogP contribution < -0.4 is 0 Å². The van der Waals surface area contributed by atoms with Gasteiger partial charge in [-0.05, 0) is 43.9 Å². The molecule has 1 saturated heterocycles. The summed E-state index contributed by atoms with van der Waals surface area (Å²) in [7, 11) is -1.92. The number of nitro groups is 1. The van der Waals surface area contributed by atoms with Gasteiger partial charge in [-0.1, -0.05) is 0 Å². The summed E-state index contributed by atoms with van der Waals surface area (Å²) < 4.78 is 38.0. The first-order valence-corrected chi connectivity index (χ1v) is 11.5. The maximum absolute atomic E-state index is 12.9. The summed E-state index contributed by atoms with van der Waals surface area (Å²) in [5.74, 6) is 0.829. The third kappa shape index (κ3) is 4.35. The quantitative estimate of drug-likeness (QED) is 0.395. The molecule has 1 aromatic carbocycles. The number of rotatable bonds is 6. The maximum atomic E-state index is 12.9. The molecule has 3 aromatic rings. The Morgan fingerprint density at radius 1 is 1.16 bits per heavy atom. The van der Waals surface area contributed by atoms with E-state index in [0.717, 1.165) is 17.8 Å². The van der Waals surface area contributed by atoms with Crippen LogP contribution in [-0.2, 0) is 10.0 Å². The zero-order chi connectivity index (χ0) is 22.2. The third-order valence-corrected chi connectivity index (χ3v) is 7.72. The monoisotopic (exact) mass is 465 g/mol. The summed E-state index contributed by atoms with van der Waals surface area (Å²) in [4.78, 5) is 13.1. The van der Waals surface area contributed by atoms with Crippen molar-refractivity contribution in [3.8, 4) is 11.5 Å². The van der Waals surface area contributed by atoms with Gasteiger partial charge in [-0.2, -0.15) is 4.31 Å². The second-order valence-corrected chi connectivity index (χ2v) is 9.89. The third-order valence-electron chi connectivity index (χ3n) is 4.92. The zero-order valence-corrected chi connectivity index (χ0v) is 18.4. The van der Waals surface area contributed by atoms with E-state index < -0.39 is 14.9 Å². The minimum Gasteiger partial charge on any atom is -0.469 e. The van der Waals surface area contributed by atoms with Gasteiger partial charge in [0.1, 0.15) is 5.76 Å². The number of hydrogen-bond acceptors (Lipinski definition) is 10. The smallest absolute Gasteiger partial charge is 0.284 e. The Morgan fingerprint density at radius 2 is 1.90 bits per heavy atom. The number of sulfonamides is 1. The number of hydrogen-bond donors (Lipinski definition) is 0. The highest BCUT2D eigenvalue weighted by Gasteiger charge is 2.30. The second kappa shape index (κ2) is 8.42. The van der Waals surface area contributed by atoms with Crippen molar-refractivity contribution in [1.29, 1.82) is 0 Å². The predicted octanol–water partition coefficient (Wildman–Crippen LogP) is 2.63. The van der Waals surface area contributed by atoms with E-state index in [2.05, 4.69) is 10.2 Å². The Bertz CT molecular complexity index is 1210. The lowest BCUT2D eigenvalue weighted by atomic mass is 10.3. The molecule has 0 radical (unpaired) electrons. The normalized spacial score (nSPS) is 15.9. The first kappa shape index (κ1) is 21.5. The van der Waals surface area contributed by atoms with Gasteiger partial charge in [0.15, 0.2) is 0 Å². The second-order valence-electron chi connectivity index (χ2n) is 6.96. The fourth-order valence-corrected chi connectivity index (χ4v) is 5.33. The van der Waals surface area contributed by atoms with E-state index in [1.165, 1.54) is 22.7 Å². The number of benzene rings is 1. The number of aromatic nitrogens is 2. The molecule has 0 spiro atoms. The standard InChI is InChI=1S/C18H19N5O6S2/c1-12-14(5-10-28-12)17-19-20-18(29-17)30-16-4-3-13(11-15(16)23(24)25)31(26,27)22-8-6-21(2)7-9-22/h3-5,10-11H,6-9H2,1-2H3. The molecule has 31 heavy (non-hydrogen) atoms. The van der Waals surface area contributed by atoms with Crippen molar-refractivity contribution in [1.82, 2.24) is 19.4 Å². The van der Waals surface area contributed by atoms with Gasteiger partial charge in [0, 0.05) is 32.2 Å². The van der Waals surface area contributed by atoms with Crippen LogP contribution in [0.2, 0.25) is 0 Å². The highest BCUT2D eigenvalue weighted by atomic mass is 32.2. The van der Waals surface area contributed by atoms with Gasteiger partial charge in [0.05, 0.1) is 26.5 Å². The highest BCUT2D eigenvalue weighted by molar-refractivity contribution is 7.99. The molecule has 3 heterocycles. The van der Waals surface area contributed by atoms with Crippen LogP contribution in [0.3, 0.4) is 0 Å². The molecule has 1 aliphatic rings. The minimum atomic E-state index is -3.83. The highest BCUT2D eigenvalue weighted by Crippen LogP contribution is 2.37. The molecule has 11 nitrogen and oxygen atoms in total. The summed E-state index contributed by atoms with van der Waals surface area (Å²) in [6.45, 7) is 3.62. The summed E-state index contributed by atoms with van der Waals surface area (Å²) >= 11 is 0.894. The van der Waals surface area contributed by atoms with E-state index in [9.17, 15) is 18.5 Å². The molecule has 4 rings (SSSR count). The molecule has 164 valence electrons. The van der Waals surface area contributed by atoms with Crippen LogP contribution in [-0.4, -0.2) is 66.0 Å². The van der Waals surface area contributed by atoms with E-state index in [0.29, 0.717) is 37.5 Å². The average molecular weight is 466 g/mol. The molecule has 13 heteroatoms. The fourth-order valence-electron chi connectivity index (χ4n) is 3.12. The van der Waals surface area contributed by atoms with Crippen molar-refractivity contribution in [2.75, 3.05) is 33.2 Å². The van der Waals surface area contributed by atoms with Crippen molar-refractivity contribution < 1.29 is 22.2 Å². The number of likely N-dealkylation sites (N-methyl/N-ethyl adjacent to an activating group) is 1. The van der Waals surface area contributed by atoms with E-state index >= 15 is 0 Å². The van der Waals surface area contributed by atoms with Crippen LogP contribution >= 0.6 is 11.8 Å². The number of aryl methyl sites for hydroxylation is 1. The molecular weight excluding hydrogens is 446 g/mol. The van der Waals surface area contributed by atoms with E-state index in [-0.39, 0.29) is 26.6 Å². The molecule has 0 N–H and O–H groups in total. The molecule has 1 aliphatic heterocycles. The van der Waals surface area contributed by atoms with Crippen LogP contribution in [0.15, 0.2) is 54.4 Å². The van der Waals surface area contributed by atoms with Crippen LogP contribution in [0.4, 0.5) is 5.69 Å². The van der Waals surface area contributed by atoms with Crippen molar-refractivity contribution in [3.05, 3.63) is 46.4 Å².